The molecule has 1 atom stereocenters. The van der Waals surface area contributed by atoms with Gasteiger partial charge in [-0.2, -0.15) is 0 Å². The average Bonchev–Trinajstić information content (AvgIpc) is 2.89. The van der Waals surface area contributed by atoms with E-state index < -0.39 is 0 Å². The summed E-state index contributed by atoms with van der Waals surface area (Å²) in [7, 11) is 0.645. The predicted octanol–water partition coefficient (Wildman–Crippen LogP) is 5.33. The maximum absolute atomic E-state index is 5.67. The summed E-state index contributed by atoms with van der Waals surface area (Å²) in [6.45, 7) is 10.6. The molecular formula is C18H37OS+. The quantitative estimate of drug-likeness (QED) is 0.370. The van der Waals surface area contributed by atoms with E-state index in [0.717, 1.165) is 17.1 Å². The van der Waals surface area contributed by atoms with Gasteiger partial charge in [-0.25, -0.2) is 0 Å². The molecule has 0 spiro atoms. The molecule has 1 nitrogen and oxygen atoms in total. The van der Waals surface area contributed by atoms with Crippen molar-refractivity contribution >= 4 is 10.9 Å². The van der Waals surface area contributed by atoms with Gasteiger partial charge in [0.15, 0.2) is 0 Å². The molecule has 1 unspecified atom stereocenters. The summed E-state index contributed by atoms with van der Waals surface area (Å²) in [5.41, 5.74) is 0. The molecule has 20 heavy (non-hydrogen) atoms. The third-order valence-electron chi connectivity index (χ3n) is 4.39. The van der Waals surface area contributed by atoms with Crippen molar-refractivity contribution in [1.82, 2.24) is 0 Å². The highest BCUT2D eigenvalue weighted by molar-refractivity contribution is 7.97. The third-order valence-corrected chi connectivity index (χ3v) is 7.57. The average molecular weight is 302 g/mol. The monoisotopic (exact) mass is 301 g/mol. The number of ether oxygens (including phenoxy) is 1. The van der Waals surface area contributed by atoms with Crippen LogP contribution in [0.15, 0.2) is 0 Å². The summed E-state index contributed by atoms with van der Waals surface area (Å²) >= 11 is 0. The molecule has 0 amide bonds. The van der Waals surface area contributed by atoms with Gasteiger partial charge >= 0.3 is 0 Å². The third kappa shape index (κ3) is 7.93. The fourth-order valence-corrected chi connectivity index (χ4v) is 5.80. The van der Waals surface area contributed by atoms with Crippen molar-refractivity contribution in [2.24, 2.45) is 0 Å². The summed E-state index contributed by atoms with van der Waals surface area (Å²) < 4.78 is 5.67. The molecule has 1 saturated heterocycles. The fraction of sp³-hybridized carbons (Fsp3) is 1.00. The molecule has 1 aliphatic rings. The molecule has 0 aromatic carbocycles. The highest BCUT2D eigenvalue weighted by Crippen LogP contribution is 2.19. The molecule has 1 heterocycles. The van der Waals surface area contributed by atoms with E-state index >= 15 is 0 Å². The molecule has 1 fully saturated rings. The molecule has 1 rings (SSSR count). The SMILES string of the molecule is CC(C)[S+](CCCCCCCCC1CCCO1)C(C)C. The van der Waals surface area contributed by atoms with Crippen LogP contribution in [0.2, 0.25) is 0 Å². The van der Waals surface area contributed by atoms with Crippen molar-refractivity contribution in [2.45, 2.75) is 102 Å². The first-order valence-electron chi connectivity index (χ1n) is 8.91. The van der Waals surface area contributed by atoms with Crippen molar-refractivity contribution in [3.8, 4) is 0 Å². The van der Waals surface area contributed by atoms with Gasteiger partial charge in [-0.05, 0) is 70.7 Å². The van der Waals surface area contributed by atoms with Crippen molar-refractivity contribution in [2.75, 3.05) is 12.4 Å². The van der Waals surface area contributed by atoms with E-state index in [2.05, 4.69) is 27.7 Å². The van der Waals surface area contributed by atoms with Crippen molar-refractivity contribution < 1.29 is 4.74 Å². The zero-order chi connectivity index (χ0) is 14.8. The van der Waals surface area contributed by atoms with Crippen LogP contribution in [0.3, 0.4) is 0 Å². The van der Waals surface area contributed by atoms with Gasteiger partial charge in [0.25, 0.3) is 0 Å². The lowest BCUT2D eigenvalue weighted by atomic mass is 10.1. The molecule has 0 aromatic rings. The Bertz CT molecular complexity index is 213. The predicted molar refractivity (Wildman–Crippen MR) is 93.8 cm³/mol. The van der Waals surface area contributed by atoms with Gasteiger partial charge in [-0.3, -0.25) is 0 Å². The van der Waals surface area contributed by atoms with Crippen molar-refractivity contribution in [1.29, 1.82) is 0 Å². The molecule has 0 bridgehead atoms. The number of unbranched alkanes of at least 4 members (excludes halogenated alkanes) is 5. The zero-order valence-corrected chi connectivity index (χ0v) is 15.1. The van der Waals surface area contributed by atoms with E-state index in [4.69, 9.17) is 4.74 Å². The van der Waals surface area contributed by atoms with E-state index in [1.54, 1.807) is 0 Å². The van der Waals surface area contributed by atoms with Crippen molar-refractivity contribution in [3.05, 3.63) is 0 Å². The van der Waals surface area contributed by atoms with E-state index in [9.17, 15) is 0 Å². The second kappa shape index (κ2) is 11.0. The molecule has 120 valence electrons. The Kier molecular flexibility index (Phi) is 10.1. The van der Waals surface area contributed by atoms with E-state index in [1.165, 1.54) is 63.5 Å². The molecule has 1 aliphatic heterocycles. The van der Waals surface area contributed by atoms with Crippen molar-refractivity contribution in [3.63, 3.8) is 0 Å². The van der Waals surface area contributed by atoms with Gasteiger partial charge in [0.05, 0.1) is 6.10 Å². The molecule has 0 aromatic heterocycles. The largest absolute Gasteiger partial charge is 0.378 e. The van der Waals surface area contributed by atoms with E-state index in [1.807, 2.05) is 0 Å². The minimum Gasteiger partial charge on any atom is -0.378 e. The lowest BCUT2D eigenvalue weighted by Crippen LogP contribution is -2.27. The fourth-order valence-electron chi connectivity index (χ4n) is 3.24. The Labute approximate surface area is 130 Å². The van der Waals surface area contributed by atoms with E-state index in [0.29, 0.717) is 17.0 Å². The minimum absolute atomic E-state index is 0.606. The van der Waals surface area contributed by atoms with Gasteiger partial charge in [-0.15, -0.1) is 0 Å². The van der Waals surface area contributed by atoms with Crippen LogP contribution in [0.25, 0.3) is 0 Å². The molecule has 0 N–H and O–H groups in total. The standard InChI is InChI=1S/C18H37OS/c1-16(2)20(17(3)4)15-10-8-6-5-7-9-12-18-13-11-14-19-18/h16-18H,5-15H2,1-4H3/q+1. The topological polar surface area (TPSA) is 9.23 Å². The maximum atomic E-state index is 5.67. The molecule has 0 saturated carbocycles. The highest BCUT2D eigenvalue weighted by atomic mass is 32.2. The summed E-state index contributed by atoms with van der Waals surface area (Å²) in [6, 6.07) is 0. The Balaban J connectivity index is 1.88. The molecule has 2 heteroatoms. The first-order valence-corrected chi connectivity index (χ1v) is 10.4. The number of hydrogen-bond acceptors (Lipinski definition) is 1. The molecular weight excluding hydrogens is 264 g/mol. The Morgan fingerprint density at radius 3 is 2.05 bits per heavy atom. The maximum Gasteiger partial charge on any atom is 0.112 e. The van der Waals surface area contributed by atoms with Crippen LogP contribution in [0.1, 0.15) is 85.5 Å². The number of hydrogen-bond donors (Lipinski definition) is 0. The lowest BCUT2D eigenvalue weighted by molar-refractivity contribution is 0.102. The first-order chi connectivity index (χ1) is 9.61. The van der Waals surface area contributed by atoms with Gasteiger partial charge in [0.2, 0.25) is 0 Å². The van der Waals surface area contributed by atoms with Crippen LogP contribution in [0.5, 0.6) is 0 Å². The van der Waals surface area contributed by atoms with Gasteiger partial charge in [0, 0.05) is 6.61 Å². The summed E-state index contributed by atoms with van der Waals surface area (Å²) in [6.07, 6.45) is 13.1. The Morgan fingerprint density at radius 1 is 0.900 bits per heavy atom. The normalized spacial score (nSPS) is 19.6. The van der Waals surface area contributed by atoms with Crippen LogP contribution >= 0.6 is 0 Å². The lowest BCUT2D eigenvalue weighted by Gasteiger charge is -2.15. The summed E-state index contributed by atoms with van der Waals surface area (Å²) in [5.74, 6) is 1.46. The van der Waals surface area contributed by atoms with Crippen LogP contribution in [-0.2, 0) is 15.6 Å². The van der Waals surface area contributed by atoms with Gasteiger partial charge < -0.3 is 4.74 Å². The minimum atomic E-state index is 0.606. The van der Waals surface area contributed by atoms with Gasteiger partial charge in [-0.1, -0.05) is 25.7 Å². The summed E-state index contributed by atoms with van der Waals surface area (Å²) in [5, 5.41) is 1.75. The Hall–Kier alpha value is 0.310. The molecule has 0 radical (unpaired) electrons. The highest BCUT2D eigenvalue weighted by Gasteiger charge is 2.25. The number of rotatable bonds is 11. The first kappa shape index (κ1) is 18.4. The van der Waals surface area contributed by atoms with E-state index in [-0.39, 0.29) is 0 Å². The molecule has 0 aliphatic carbocycles. The van der Waals surface area contributed by atoms with Crippen LogP contribution in [0.4, 0.5) is 0 Å². The smallest absolute Gasteiger partial charge is 0.112 e. The van der Waals surface area contributed by atoms with Crippen LogP contribution < -0.4 is 0 Å². The van der Waals surface area contributed by atoms with Gasteiger partial charge in [0.1, 0.15) is 16.3 Å². The summed E-state index contributed by atoms with van der Waals surface area (Å²) in [4.78, 5) is 0. The second-order valence-electron chi connectivity index (χ2n) is 6.82. The second-order valence-corrected chi connectivity index (χ2v) is 10.0. The van der Waals surface area contributed by atoms with Crippen LogP contribution in [-0.4, -0.2) is 29.0 Å². The Morgan fingerprint density at radius 2 is 1.50 bits per heavy atom. The zero-order valence-electron chi connectivity index (χ0n) is 14.3. The van der Waals surface area contributed by atoms with Crippen LogP contribution in [0, 0.1) is 0 Å².